The number of carbonyl (C=O) groups is 1. The Morgan fingerprint density at radius 1 is 1.50 bits per heavy atom. The summed E-state index contributed by atoms with van der Waals surface area (Å²) in [6.45, 7) is 3.34. The fourth-order valence-corrected chi connectivity index (χ4v) is 2.67. The molecule has 0 saturated heterocycles. The molecule has 0 spiro atoms. The number of nitrogens with zero attached hydrogens (tertiary/aromatic N) is 1. The first-order valence-corrected chi connectivity index (χ1v) is 6.20. The van der Waals surface area contributed by atoms with E-state index in [2.05, 4.69) is 4.98 Å². The van der Waals surface area contributed by atoms with Gasteiger partial charge in [-0.25, -0.2) is 9.36 Å². The summed E-state index contributed by atoms with van der Waals surface area (Å²) in [6, 6.07) is 1.71. The minimum Gasteiger partial charge on any atom is -0.480 e. The van der Waals surface area contributed by atoms with Crippen LogP contribution in [0.4, 0.5) is 0 Å². The lowest BCUT2D eigenvalue weighted by molar-refractivity contribution is -0.137. The van der Waals surface area contributed by atoms with Gasteiger partial charge >= 0.3 is 11.7 Å². The van der Waals surface area contributed by atoms with E-state index >= 15 is 0 Å². The molecule has 0 aliphatic rings. The summed E-state index contributed by atoms with van der Waals surface area (Å²) in [5.74, 6) is -0.973. The zero-order valence-corrected chi connectivity index (χ0v) is 10.7. The van der Waals surface area contributed by atoms with E-state index in [1.807, 2.05) is 13.8 Å². The monoisotopic (exact) mass is 268 g/mol. The molecular weight excluding hydrogens is 256 g/mol. The van der Waals surface area contributed by atoms with E-state index in [0.29, 0.717) is 14.8 Å². The number of aromatic nitrogens is 2. The van der Waals surface area contributed by atoms with Gasteiger partial charge in [-0.3, -0.25) is 14.6 Å². The maximum absolute atomic E-state index is 12.0. The summed E-state index contributed by atoms with van der Waals surface area (Å²) in [7, 11) is 0. The van der Waals surface area contributed by atoms with Crippen molar-refractivity contribution in [2.45, 2.75) is 26.3 Å². The van der Waals surface area contributed by atoms with Gasteiger partial charge in [0, 0.05) is 4.88 Å². The Hall–Kier alpha value is -1.89. The third kappa shape index (κ3) is 2.08. The Bertz CT molecular complexity index is 723. The first kappa shape index (κ1) is 12.6. The van der Waals surface area contributed by atoms with Gasteiger partial charge in [-0.1, -0.05) is 13.8 Å². The summed E-state index contributed by atoms with van der Waals surface area (Å²) in [6.07, 6.45) is 0. The van der Waals surface area contributed by atoms with E-state index in [-0.39, 0.29) is 5.92 Å². The number of nitrogens with one attached hydrogen (secondary N) is 1. The van der Waals surface area contributed by atoms with Gasteiger partial charge in [-0.15, -0.1) is 11.3 Å². The van der Waals surface area contributed by atoms with Crippen molar-refractivity contribution in [3.63, 3.8) is 0 Å². The van der Waals surface area contributed by atoms with Crippen LogP contribution in [-0.2, 0) is 11.3 Å². The van der Waals surface area contributed by atoms with E-state index in [9.17, 15) is 14.4 Å². The second-order valence-electron chi connectivity index (χ2n) is 4.26. The minimum absolute atomic E-state index is 0.248. The lowest BCUT2D eigenvalue weighted by Crippen LogP contribution is -2.36. The Balaban J connectivity index is 2.73. The average molecular weight is 268 g/mol. The van der Waals surface area contributed by atoms with Gasteiger partial charge in [-0.05, 0) is 12.0 Å². The number of hydrogen-bond donors (Lipinski definition) is 2. The topological polar surface area (TPSA) is 92.2 Å². The molecule has 0 aromatic carbocycles. The van der Waals surface area contributed by atoms with E-state index in [0.717, 1.165) is 4.88 Å². The average Bonchev–Trinajstić information content (AvgIpc) is 2.68. The highest BCUT2D eigenvalue weighted by molar-refractivity contribution is 7.18. The second-order valence-corrected chi connectivity index (χ2v) is 5.35. The van der Waals surface area contributed by atoms with Crippen molar-refractivity contribution in [1.82, 2.24) is 9.55 Å². The molecule has 0 radical (unpaired) electrons. The molecule has 2 aromatic rings. The van der Waals surface area contributed by atoms with Crippen molar-refractivity contribution >= 4 is 27.5 Å². The Morgan fingerprint density at radius 3 is 2.72 bits per heavy atom. The maximum atomic E-state index is 12.0. The molecule has 0 amide bonds. The third-order valence-electron chi connectivity index (χ3n) is 2.55. The summed E-state index contributed by atoms with van der Waals surface area (Å²) in [5, 5.41) is 9.04. The molecule has 2 heterocycles. The molecule has 0 atom stereocenters. The molecule has 0 bridgehead atoms. The highest BCUT2D eigenvalue weighted by Gasteiger charge is 2.14. The summed E-state index contributed by atoms with van der Waals surface area (Å²) in [4.78, 5) is 38.3. The van der Waals surface area contributed by atoms with Crippen LogP contribution in [-0.4, -0.2) is 20.6 Å². The summed E-state index contributed by atoms with van der Waals surface area (Å²) < 4.78 is 0.696. The normalized spacial score (nSPS) is 11.3. The van der Waals surface area contributed by atoms with Crippen molar-refractivity contribution in [2.75, 3.05) is 0 Å². The standard InChI is InChI=1S/C11H12N2O4S/c1-5(2)7-3-6-9(18-7)12-11(17)13(10(6)16)4-8(14)15/h3,5H,4H2,1-2H3,(H,12,17)(H,14,15). The fraction of sp³-hybridized carbons (Fsp3) is 0.364. The minimum atomic E-state index is -1.22. The molecule has 0 fully saturated rings. The first-order valence-electron chi connectivity index (χ1n) is 5.38. The number of carboxylic acid groups (broad SMARTS) is 1. The van der Waals surface area contributed by atoms with Gasteiger partial charge in [0.2, 0.25) is 0 Å². The van der Waals surface area contributed by atoms with Gasteiger partial charge in [0.25, 0.3) is 5.56 Å². The second kappa shape index (κ2) is 4.41. The number of rotatable bonds is 3. The molecule has 2 aromatic heterocycles. The van der Waals surface area contributed by atoms with Crippen molar-refractivity contribution in [3.05, 3.63) is 31.8 Å². The molecule has 2 rings (SSSR count). The van der Waals surface area contributed by atoms with Gasteiger partial charge < -0.3 is 5.11 Å². The molecule has 6 nitrogen and oxygen atoms in total. The Kier molecular flexibility index (Phi) is 3.08. The molecule has 0 aliphatic heterocycles. The number of aromatic amines is 1. The predicted octanol–water partition coefficient (Wildman–Crippen LogP) is 0.959. The number of hydrogen-bond acceptors (Lipinski definition) is 4. The predicted molar refractivity (Wildman–Crippen MR) is 68.4 cm³/mol. The van der Waals surface area contributed by atoms with Gasteiger partial charge in [0.05, 0.1) is 5.39 Å². The number of thiophene rings is 1. The SMILES string of the molecule is CC(C)c1cc2c(=O)n(CC(=O)O)c(=O)[nH]c2s1. The molecule has 7 heteroatoms. The van der Waals surface area contributed by atoms with Gasteiger partial charge in [-0.2, -0.15) is 0 Å². The summed E-state index contributed by atoms with van der Waals surface area (Å²) >= 11 is 1.34. The number of fused-ring (bicyclic) bond motifs is 1. The van der Waals surface area contributed by atoms with Crippen LogP contribution in [0.5, 0.6) is 0 Å². The lowest BCUT2D eigenvalue weighted by Gasteiger charge is -1.99. The van der Waals surface area contributed by atoms with Crippen LogP contribution in [0.25, 0.3) is 10.2 Å². The van der Waals surface area contributed by atoms with E-state index in [1.54, 1.807) is 6.07 Å². The molecular formula is C11H12N2O4S. The zero-order chi connectivity index (χ0) is 13.4. The number of carboxylic acids is 1. The first-order chi connectivity index (χ1) is 8.40. The zero-order valence-electron chi connectivity index (χ0n) is 9.89. The number of H-pyrrole nitrogens is 1. The quantitative estimate of drug-likeness (QED) is 0.867. The van der Waals surface area contributed by atoms with Gasteiger partial charge in [0.1, 0.15) is 11.4 Å². The van der Waals surface area contributed by atoms with E-state index in [4.69, 9.17) is 5.11 Å². The van der Waals surface area contributed by atoms with Crippen LogP contribution in [0.2, 0.25) is 0 Å². The van der Waals surface area contributed by atoms with Crippen LogP contribution in [0.3, 0.4) is 0 Å². The Labute approximate surface area is 106 Å². The van der Waals surface area contributed by atoms with E-state index in [1.165, 1.54) is 11.3 Å². The highest BCUT2D eigenvalue weighted by Crippen LogP contribution is 2.26. The van der Waals surface area contributed by atoms with Crippen molar-refractivity contribution in [3.8, 4) is 0 Å². The van der Waals surface area contributed by atoms with Crippen LogP contribution in [0.1, 0.15) is 24.6 Å². The van der Waals surface area contributed by atoms with Gasteiger partial charge in [0.15, 0.2) is 0 Å². The third-order valence-corrected chi connectivity index (χ3v) is 3.91. The molecule has 96 valence electrons. The van der Waals surface area contributed by atoms with E-state index < -0.39 is 23.8 Å². The molecule has 18 heavy (non-hydrogen) atoms. The highest BCUT2D eigenvalue weighted by atomic mass is 32.1. The summed E-state index contributed by atoms with van der Waals surface area (Å²) in [5.41, 5.74) is -1.24. The molecule has 0 unspecified atom stereocenters. The van der Waals surface area contributed by atoms with Crippen molar-refractivity contribution < 1.29 is 9.90 Å². The maximum Gasteiger partial charge on any atom is 0.329 e. The fourth-order valence-electron chi connectivity index (χ4n) is 1.63. The van der Waals surface area contributed by atoms with Crippen LogP contribution in [0.15, 0.2) is 15.7 Å². The largest absolute Gasteiger partial charge is 0.480 e. The lowest BCUT2D eigenvalue weighted by atomic mass is 10.2. The smallest absolute Gasteiger partial charge is 0.329 e. The molecule has 0 saturated carbocycles. The Morgan fingerprint density at radius 2 is 2.17 bits per heavy atom. The van der Waals surface area contributed by atoms with Crippen molar-refractivity contribution in [2.24, 2.45) is 0 Å². The molecule has 2 N–H and O–H groups in total. The number of aliphatic carboxylic acids is 1. The van der Waals surface area contributed by atoms with Crippen LogP contribution < -0.4 is 11.2 Å². The molecule has 0 aliphatic carbocycles. The van der Waals surface area contributed by atoms with Crippen molar-refractivity contribution in [1.29, 1.82) is 0 Å². The van der Waals surface area contributed by atoms with Crippen LogP contribution >= 0.6 is 11.3 Å². The van der Waals surface area contributed by atoms with Crippen LogP contribution in [0, 0.1) is 0 Å².